The van der Waals surface area contributed by atoms with Crippen LogP contribution in [0.25, 0.3) is 5.76 Å². The number of anilines is 1. The Morgan fingerprint density at radius 1 is 0.915 bits per heavy atom. The van der Waals surface area contributed by atoms with Crippen LogP contribution in [-0.4, -0.2) is 33.6 Å². The smallest absolute Gasteiger partial charge is 0.301 e. The highest BCUT2D eigenvalue weighted by atomic mass is 35.5. The average Bonchev–Trinajstić information content (AvgIpc) is 3.65. The normalized spacial score (nSPS) is 15.6. The number of hydrogen-bond acceptors (Lipinski definition) is 9. The van der Waals surface area contributed by atoms with Gasteiger partial charge >= 0.3 is 5.91 Å². The zero-order chi connectivity index (χ0) is 32.9. The zero-order valence-electron chi connectivity index (χ0n) is 24.9. The summed E-state index contributed by atoms with van der Waals surface area (Å²) in [4.78, 5) is 28.7. The first-order chi connectivity index (χ1) is 22.8. The van der Waals surface area contributed by atoms with Gasteiger partial charge in [0.1, 0.15) is 23.0 Å². The van der Waals surface area contributed by atoms with Crippen molar-refractivity contribution in [1.29, 1.82) is 0 Å². The molecule has 1 fully saturated rings. The SMILES string of the molecule is CCCOc1ccc(/C(O)=C2/C(=O)C(=O)N(c3nnc(SCc4ccc(Cl)cc4Cl)s3)C2c2cccc(Oc3ccccc3)c2)cc1. The highest BCUT2D eigenvalue weighted by Gasteiger charge is 2.48. The fraction of sp³-hybridized carbons (Fsp3) is 0.143. The molecule has 8 nitrogen and oxygen atoms in total. The van der Waals surface area contributed by atoms with Crippen LogP contribution < -0.4 is 14.4 Å². The number of carbonyl (C=O) groups excluding carboxylic acids is 2. The predicted octanol–water partition coefficient (Wildman–Crippen LogP) is 9.34. The Labute approximate surface area is 289 Å². The summed E-state index contributed by atoms with van der Waals surface area (Å²) in [5.41, 5.74) is 1.69. The number of nitrogens with zero attached hydrogens (tertiary/aromatic N) is 3. The van der Waals surface area contributed by atoms with E-state index in [0.29, 0.717) is 55.1 Å². The van der Waals surface area contributed by atoms with Crippen LogP contribution in [-0.2, 0) is 15.3 Å². The largest absolute Gasteiger partial charge is 0.507 e. The lowest BCUT2D eigenvalue weighted by Crippen LogP contribution is -2.29. The summed E-state index contributed by atoms with van der Waals surface area (Å²) in [5, 5.41) is 21.4. The molecule has 5 aromatic rings. The fourth-order valence-corrected chi connectivity index (χ4v) is 7.36. The lowest BCUT2D eigenvalue weighted by Gasteiger charge is -2.23. The van der Waals surface area contributed by atoms with Crippen LogP contribution in [0.4, 0.5) is 5.13 Å². The van der Waals surface area contributed by atoms with Gasteiger partial charge in [0.05, 0.1) is 18.2 Å². The maximum atomic E-state index is 13.7. The van der Waals surface area contributed by atoms with E-state index < -0.39 is 17.7 Å². The van der Waals surface area contributed by atoms with E-state index in [1.54, 1.807) is 60.7 Å². The molecule has 1 aromatic heterocycles. The number of amides is 1. The van der Waals surface area contributed by atoms with E-state index in [0.717, 1.165) is 23.3 Å². The van der Waals surface area contributed by atoms with E-state index in [4.69, 9.17) is 32.7 Å². The molecule has 1 aliphatic heterocycles. The first kappa shape index (κ1) is 32.6. The molecular weight excluding hydrogens is 677 g/mol. The van der Waals surface area contributed by atoms with E-state index in [1.807, 2.05) is 43.3 Å². The van der Waals surface area contributed by atoms with Crippen LogP contribution >= 0.6 is 46.3 Å². The molecule has 0 aliphatic carbocycles. The molecule has 1 aliphatic rings. The molecule has 0 saturated carbocycles. The Kier molecular flexibility index (Phi) is 10.1. The molecular formula is C35H27Cl2N3O5S2. The molecule has 0 spiro atoms. The number of aliphatic hydroxyl groups excluding tert-OH is 1. The summed E-state index contributed by atoms with van der Waals surface area (Å²) in [6.45, 7) is 2.56. The Hall–Kier alpha value is -4.35. The van der Waals surface area contributed by atoms with Gasteiger partial charge in [0.15, 0.2) is 4.34 Å². The van der Waals surface area contributed by atoms with Gasteiger partial charge in [0.25, 0.3) is 5.78 Å². The van der Waals surface area contributed by atoms with Crippen LogP contribution in [0, 0.1) is 0 Å². The zero-order valence-corrected chi connectivity index (χ0v) is 28.1. The van der Waals surface area contributed by atoms with E-state index in [2.05, 4.69) is 10.2 Å². The van der Waals surface area contributed by atoms with Gasteiger partial charge in [0, 0.05) is 21.4 Å². The molecule has 1 saturated heterocycles. The van der Waals surface area contributed by atoms with E-state index in [1.165, 1.54) is 16.7 Å². The third-order valence-corrected chi connectivity index (χ3v) is 9.86. The lowest BCUT2D eigenvalue weighted by molar-refractivity contribution is -0.132. The summed E-state index contributed by atoms with van der Waals surface area (Å²) < 4.78 is 12.3. The summed E-state index contributed by atoms with van der Waals surface area (Å²) >= 11 is 14.9. The first-order valence-electron chi connectivity index (χ1n) is 14.6. The highest BCUT2D eigenvalue weighted by molar-refractivity contribution is 8.00. The van der Waals surface area contributed by atoms with Gasteiger partial charge in [-0.25, -0.2) is 0 Å². The fourth-order valence-electron chi connectivity index (χ4n) is 4.94. The molecule has 1 amide bonds. The minimum absolute atomic E-state index is 0.0774. The van der Waals surface area contributed by atoms with Crippen LogP contribution in [0.2, 0.25) is 10.0 Å². The molecule has 238 valence electrons. The third kappa shape index (κ3) is 7.31. The lowest BCUT2D eigenvalue weighted by atomic mass is 9.95. The number of carbonyl (C=O) groups is 2. The average molecular weight is 705 g/mol. The molecule has 2 heterocycles. The second kappa shape index (κ2) is 14.6. The molecule has 1 N–H and O–H groups in total. The van der Waals surface area contributed by atoms with E-state index in [-0.39, 0.29) is 16.5 Å². The number of hydrogen-bond donors (Lipinski definition) is 1. The number of aromatic nitrogens is 2. The summed E-state index contributed by atoms with van der Waals surface area (Å²) in [6, 6.07) is 27.3. The van der Waals surface area contributed by atoms with Gasteiger partial charge in [-0.3, -0.25) is 14.5 Å². The molecule has 12 heteroatoms. The standard InChI is InChI=1S/C35H27Cl2N3O5S2/c1-2-17-44-25-15-12-21(13-16-25)31(41)29-30(22-7-6-10-27(18-22)45-26-8-4-3-5-9-26)40(33(43)32(29)42)34-38-39-35(47-34)46-20-23-11-14-24(36)19-28(23)37/h3-16,18-19,30,41H,2,17,20H2,1H3/b31-29-. The van der Waals surface area contributed by atoms with Crippen LogP contribution in [0.15, 0.2) is 107 Å². The maximum absolute atomic E-state index is 13.7. The van der Waals surface area contributed by atoms with Crippen LogP contribution in [0.1, 0.15) is 36.1 Å². The highest BCUT2D eigenvalue weighted by Crippen LogP contribution is 2.45. The number of para-hydroxylation sites is 1. The second-order valence-electron chi connectivity index (χ2n) is 10.4. The van der Waals surface area contributed by atoms with Gasteiger partial charge in [0.2, 0.25) is 5.13 Å². The molecule has 6 rings (SSSR count). The van der Waals surface area contributed by atoms with Crippen molar-refractivity contribution in [2.75, 3.05) is 11.5 Å². The number of ketones is 1. The van der Waals surface area contributed by atoms with Gasteiger partial charge in [-0.15, -0.1) is 10.2 Å². The molecule has 1 unspecified atom stereocenters. The van der Waals surface area contributed by atoms with Crippen molar-refractivity contribution in [3.05, 3.63) is 129 Å². The van der Waals surface area contributed by atoms with Crippen molar-refractivity contribution in [3.8, 4) is 17.2 Å². The second-order valence-corrected chi connectivity index (χ2v) is 13.4. The minimum atomic E-state index is -1.01. The summed E-state index contributed by atoms with van der Waals surface area (Å²) in [5.74, 6) is 0.242. The predicted molar refractivity (Wildman–Crippen MR) is 186 cm³/mol. The van der Waals surface area contributed by atoms with Gasteiger partial charge in [-0.2, -0.15) is 0 Å². The quantitative estimate of drug-likeness (QED) is 0.0477. The minimum Gasteiger partial charge on any atom is -0.507 e. The maximum Gasteiger partial charge on any atom is 0.301 e. The third-order valence-electron chi connectivity index (χ3n) is 7.17. The van der Waals surface area contributed by atoms with Gasteiger partial charge in [-0.05, 0) is 78.2 Å². The molecule has 1 atom stereocenters. The number of rotatable bonds is 11. The van der Waals surface area contributed by atoms with Gasteiger partial charge in [-0.1, -0.05) is 89.6 Å². The number of thioether (sulfide) groups is 1. The summed E-state index contributed by atoms with van der Waals surface area (Å²) in [6.07, 6.45) is 0.846. The van der Waals surface area contributed by atoms with Crippen molar-refractivity contribution >= 4 is 68.9 Å². The molecule has 4 aromatic carbocycles. The molecule has 0 radical (unpaired) electrons. The van der Waals surface area contributed by atoms with Crippen molar-refractivity contribution in [2.24, 2.45) is 0 Å². The van der Waals surface area contributed by atoms with E-state index >= 15 is 0 Å². The van der Waals surface area contributed by atoms with Crippen molar-refractivity contribution in [2.45, 2.75) is 29.5 Å². The Morgan fingerprint density at radius 3 is 2.43 bits per heavy atom. The van der Waals surface area contributed by atoms with Crippen LogP contribution in [0.5, 0.6) is 17.2 Å². The Bertz CT molecular complexity index is 1950. The van der Waals surface area contributed by atoms with Crippen molar-refractivity contribution < 1.29 is 24.2 Å². The number of aliphatic hydroxyl groups is 1. The van der Waals surface area contributed by atoms with Crippen molar-refractivity contribution in [1.82, 2.24) is 10.2 Å². The Morgan fingerprint density at radius 2 is 1.68 bits per heavy atom. The molecule has 0 bridgehead atoms. The van der Waals surface area contributed by atoms with Crippen LogP contribution in [0.3, 0.4) is 0 Å². The first-order valence-corrected chi connectivity index (χ1v) is 17.2. The van der Waals surface area contributed by atoms with Crippen molar-refractivity contribution in [3.63, 3.8) is 0 Å². The number of Topliss-reactive ketones (excluding diaryl/α,β-unsaturated/α-hetero) is 1. The molecule has 47 heavy (non-hydrogen) atoms. The van der Waals surface area contributed by atoms with E-state index in [9.17, 15) is 14.7 Å². The topological polar surface area (TPSA) is 102 Å². The summed E-state index contributed by atoms with van der Waals surface area (Å²) in [7, 11) is 0. The number of benzene rings is 4. The monoisotopic (exact) mass is 703 g/mol. The number of halogens is 2. The number of ether oxygens (including phenoxy) is 2. The Balaban J connectivity index is 1.38. The van der Waals surface area contributed by atoms with Gasteiger partial charge < -0.3 is 14.6 Å².